The van der Waals surface area contributed by atoms with Crippen molar-refractivity contribution in [3.05, 3.63) is 18.2 Å². The summed E-state index contributed by atoms with van der Waals surface area (Å²) >= 11 is 0. The molecule has 0 spiro atoms. The molecule has 112 valence electrons. The third-order valence-electron chi connectivity index (χ3n) is 3.45. The van der Waals surface area contributed by atoms with E-state index in [9.17, 15) is 9.59 Å². The van der Waals surface area contributed by atoms with E-state index in [-0.39, 0.29) is 6.79 Å². The highest BCUT2D eigenvalue weighted by molar-refractivity contribution is 6.39. The lowest BCUT2D eigenvalue weighted by atomic mass is 10.2. The predicted octanol–water partition coefficient (Wildman–Crippen LogP) is 0.176. The lowest BCUT2D eigenvalue weighted by molar-refractivity contribution is -0.143. The Morgan fingerprint density at radius 2 is 2.00 bits per heavy atom. The number of hydrogen-bond donors (Lipinski definition) is 2. The van der Waals surface area contributed by atoms with Crippen LogP contribution in [0, 0.1) is 0 Å². The van der Waals surface area contributed by atoms with Crippen molar-refractivity contribution in [2.24, 2.45) is 0 Å². The Morgan fingerprint density at radius 3 is 2.90 bits per heavy atom. The number of anilines is 1. The molecule has 0 aromatic heterocycles. The van der Waals surface area contributed by atoms with Crippen molar-refractivity contribution in [1.29, 1.82) is 0 Å². The zero-order valence-electron chi connectivity index (χ0n) is 11.6. The smallest absolute Gasteiger partial charge is 0.313 e. The number of nitrogens with one attached hydrogen (secondary N) is 2. The summed E-state index contributed by atoms with van der Waals surface area (Å²) in [6.07, 6.45) is 0.850. The van der Waals surface area contributed by atoms with Gasteiger partial charge in [-0.2, -0.15) is 0 Å². The van der Waals surface area contributed by atoms with Gasteiger partial charge in [-0.05, 0) is 25.1 Å². The highest BCUT2D eigenvalue weighted by Crippen LogP contribution is 2.34. The number of carbonyl (C=O) groups is 2. The van der Waals surface area contributed by atoms with Gasteiger partial charge in [0.15, 0.2) is 11.5 Å². The molecule has 0 bridgehead atoms. The number of carbonyl (C=O) groups excluding carboxylic acids is 2. The fraction of sp³-hybridized carbons (Fsp3) is 0.429. The van der Waals surface area contributed by atoms with Crippen LogP contribution >= 0.6 is 0 Å². The molecule has 2 N–H and O–H groups in total. The van der Waals surface area contributed by atoms with Gasteiger partial charge in [-0.25, -0.2) is 0 Å². The van der Waals surface area contributed by atoms with Gasteiger partial charge in [-0.1, -0.05) is 0 Å². The Hall–Kier alpha value is -2.28. The Labute approximate surface area is 122 Å². The van der Waals surface area contributed by atoms with E-state index in [1.54, 1.807) is 23.1 Å². The lowest BCUT2D eigenvalue weighted by Crippen LogP contribution is -2.41. The summed E-state index contributed by atoms with van der Waals surface area (Å²) in [5.74, 6) is 0.0734. The first kappa shape index (κ1) is 13.7. The number of rotatable bonds is 1. The van der Waals surface area contributed by atoms with Crippen LogP contribution in [0.4, 0.5) is 5.69 Å². The summed E-state index contributed by atoms with van der Waals surface area (Å²) in [6, 6.07) is 5.04. The molecule has 3 rings (SSSR count). The molecular formula is C14H17N3O4. The summed E-state index contributed by atoms with van der Waals surface area (Å²) in [7, 11) is 0. The van der Waals surface area contributed by atoms with Crippen molar-refractivity contribution in [1.82, 2.24) is 10.2 Å². The van der Waals surface area contributed by atoms with Gasteiger partial charge in [-0.3, -0.25) is 9.59 Å². The van der Waals surface area contributed by atoms with Crippen molar-refractivity contribution < 1.29 is 19.1 Å². The van der Waals surface area contributed by atoms with Crippen LogP contribution in [0.5, 0.6) is 11.5 Å². The van der Waals surface area contributed by atoms with E-state index in [2.05, 4.69) is 10.6 Å². The van der Waals surface area contributed by atoms with Crippen LogP contribution in [0.25, 0.3) is 0 Å². The van der Waals surface area contributed by atoms with Crippen LogP contribution in [0.15, 0.2) is 18.2 Å². The Morgan fingerprint density at radius 1 is 1.14 bits per heavy atom. The third-order valence-corrected chi connectivity index (χ3v) is 3.45. The predicted molar refractivity (Wildman–Crippen MR) is 75.3 cm³/mol. The molecule has 7 nitrogen and oxygen atoms in total. The monoisotopic (exact) mass is 291 g/mol. The fourth-order valence-corrected chi connectivity index (χ4v) is 2.35. The van der Waals surface area contributed by atoms with Crippen LogP contribution in [-0.2, 0) is 9.59 Å². The molecule has 7 heteroatoms. The zero-order valence-corrected chi connectivity index (χ0v) is 11.6. The first-order chi connectivity index (χ1) is 10.2. The molecule has 1 aromatic rings. The summed E-state index contributed by atoms with van der Waals surface area (Å²) < 4.78 is 10.4. The number of ether oxygens (including phenoxy) is 2. The molecular weight excluding hydrogens is 274 g/mol. The van der Waals surface area contributed by atoms with Crippen molar-refractivity contribution in [2.75, 3.05) is 38.3 Å². The highest BCUT2D eigenvalue weighted by atomic mass is 16.7. The molecule has 2 aliphatic rings. The molecule has 1 aromatic carbocycles. The number of benzene rings is 1. The maximum absolute atomic E-state index is 12.1. The highest BCUT2D eigenvalue weighted by Gasteiger charge is 2.23. The Bertz CT molecular complexity index is 553. The van der Waals surface area contributed by atoms with E-state index in [0.29, 0.717) is 36.8 Å². The van der Waals surface area contributed by atoms with Gasteiger partial charge < -0.3 is 25.0 Å². The van der Waals surface area contributed by atoms with Crippen LogP contribution in [0.3, 0.4) is 0 Å². The van der Waals surface area contributed by atoms with Crippen molar-refractivity contribution in [3.8, 4) is 11.5 Å². The first-order valence-corrected chi connectivity index (χ1v) is 6.95. The maximum Gasteiger partial charge on any atom is 0.313 e. The molecule has 0 saturated carbocycles. The second-order valence-corrected chi connectivity index (χ2v) is 4.92. The van der Waals surface area contributed by atoms with E-state index >= 15 is 0 Å². The van der Waals surface area contributed by atoms with Gasteiger partial charge in [0.1, 0.15) is 0 Å². The number of amides is 2. The average Bonchev–Trinajstić information content (AvgIpc) is 2.78. The van der Waals surface area contributed by atoms with Gasteiger partial charge in [0.2, 0.25) is 6.79 Å². The van der Waals surface area contributed by atoms with E-state index in [1.165, 1.54) is 0 Å². The molecule has 0 atom stereocenters. The zero-order chi connectivity index (χ0) is 14.7. The van der Waals surface area contributed by atoms with E-state index in [4.69, 9.17) is 9.47 Å². The third kappa shape index (κ3) is 3.08. The number of fused-ring (bicyclic) bond motifs is 1. The summed E-state index contributed by atoms with van der Waals surface area (Å²) in [6.45, 7) is 2.90. The summed E-state index contributed by atoms with van der Waals surface area (Å²) in [4.78, 5) is 25.7. The topological polar surface area (TPSA) is 79.9 Å². The van der Waals surface area contributed by atoms with E-state index in [0.717, 1.165) is 13.0 Å². The Balaban J connectivity index is 1.64. The number of nitrogens with zero attached hydrogens (tertiary/aromatic N) is 1. The molecule has 1 fully saturated rings. The molecule has 0 unspecified atom stereocenters. The molecule has 0 aliphatic carbocycles. The lowest BCUT2D eigenvalue weighted by Gasteiger charge is -2.19. The summed E-state index contributed by atoms with van der Waals surface area (Å²) in [5.41, 5.74) is 0.519. The molecule has 2 heterocycles. The average molecular weight is 291 g/mol. The molecule has 1 saturated heterocycles. The van der Waals surface area contributed by atoms with Gasteiger partial charge in [0, 0.05) is 31.4 Å². The summed E-state index contributed by atoms with van der Waals surface area (Å²) in [5, 5.41) is 5.80. The standard InChI is InChI=1S/C14H17N3O4/c18-13(14(19)17-6-1-4-15-5-7-17)16-10-2-3-11-12(8-10)21-9-20-11/h2-3,8,15H,1,4-7,9H2,(H,16,18). The Kier molecular flexibility index (Phi) is 3.92. The van der Waals surface area contributed by atoms with Crippen molar-refractivity contribution in [2.45, 2.75) is 6.42 Å². The first-order valence-electron chi connectivity index (χ1n) is 6.95. The quantitative estimate of drug-likeness (QED) is 0.721. The molecule has 2 aliphatic heterocycles. The molecule has 2 amide bonds. The molecule has 21 heavy (non-hydrogen) atoms. The minimum Gasteiger partial charge on any atom is -0.454 e. The van der Waals surface area contributed by atoms with E-state index < -0.39 is 11.8 Å². The number of hydrogen-bond acceptors (Lipinski definition) is 5. The van der Waals surface area contributed by atoms with Gasteiger partial charge in [-0.15, -0.1) is 0 Å². The van der Waals surface area contributed by atoms with Crippen molar-refractivity contribution >= 4 is 17.5 Å². The largest absolute Gasteiger partial charge is 0.454 e. The second kappa shape index (κ2) is 6.01. The SMILES string of the molecule is O=C(Nc1ccc2c(c1)OCO2)C(=O)N1CCCNCC1. The van der Waals surface area contributed by atoms with Crippen LogP contribution in [0.1, 0.15) is 6.42 Å². The maximum atomic E-state index is 12.1. The minimum atomic E-state index is -0.629. The minimum absolute atomic E-state index is 0.173. The molecule has 0 radical (unpaired) electrons. The van der Waals surface area contributed by atoms with E-state index in [1.807, 2.05) is 0 Å². The fourth-order valence-electron chi connectivity index (χ4n) is 2.35. The van der Waals surface area contributed by atoms with Crippen LogP contribution in [-0.4, -0.2) is 49.7 Å². The van der Waals surface area contributed by atoms with Gasteiger partial charge in [0.05, 0.1) is 0 Å². The van der Waals surface area contributed by atoms with Crippen LogP contribution < -0.4 is 20.1 Å². The van der Waals surface area contributed by atoms with Crippen LogP contribution in [0.2, 0.25) is 0 Å². The van der Waals surface area contributed by atoms with Gasteiger partial charge >= 0.3 is 11.8 Å². The second-order valence-electron chi connectivity index (χ2n) is 4.92. The normalized spacial score (nSPS) is 17.2. The van der Waals surface area contributed by atoms with Crippen molar-refractivity contribution in [3.63, 3.8) is 0 Å². The van der Waals surface area contributed by atoms with Gasteiger partial charge in [0.25, 0.3) is 0 Å².